The molecule has 0 amide bonds. The Labute approximate surface area is 531 Å². The van der Waals surface area contributed by atoms with Crippen LogP contribution in [-0.4, -0.2) is 14.1 Å². The number of hydrogen-bond donors (Lipinski definition) is 0. The summed E-state index contributed by atoms with van der Waals surface area (Å²) in [5.41, 5.74) is 16.0. The van der Waals surface area contributed by atoms with E-state index in [9.17, 15) is 2.74 Å². The molecule has 0 unspecified atom stereocenters. The molecule has 0 fully saturated rings. The average Bonchev–Trinajstić information content (AvgIpc) is 1.78. The summed E-state index contributed by atoms with van der Waals surface area (Å²) in [6.07, 6.45) is 5.82. The van der Waals surface area contributed by atoms with Crippen LogP contribution in [0.1, 0.15) is 139 Å². The molecular formula is C80H78N4OPt-2. The number of hydrogen-bond acceptors (Lipinski definition) is 2. The van der Waals surface area contributed by atoms with Gasteiger partial charge in [-0.1, -0.05) is 237 Å². The normalized spacial score (nSPS) is 13.3. The Morgan fingerprint density at radius 1 is 0.442 bits per heavy atom. The zero-order valence-corrected chi connectivity index (χ0v) is 54.5. The molecule has 0 saturated heterocycles. The predicted molar refractivity (Wildman–Crippen MR) is 355 cm³/mol. The van der Waals surface area contributed by atoms with E-state index in [1.165, 1.54) is 11.1 Å². The van der Waals surface area contributed by atoms with Crippen LogP contribution in [0.5, 0.6) is 11.5 Å². The summed E-state index contributed by atoms with van der Waals surface area (Å²) in [4.78, 5) is 4.91. The summed E-state index contributed by atoms with van der Waals surface area (Å²) < 4.78 is 58.7. The van der Waals surface area contributed by atoms with Crippen LogP contribution in [0.25, 0.3) is 94.5 Å². The van der Waals surface area contributed by atoms with E-state index in [0.29, 0.717) is 22.7 Å². The van der Waals surface area contributed by atoms with Gasteiger partial charge in [0, 0.05) is 44.3 Å². The molecule has 3 heterocycles. The van der Waals surface area contributed by atoms with Crippen molar-refractivity contribution in [3.8, 4) is 73.2 Å². The second-order valence-corrected chi connectivity index (χ2v) is 27.9. The number of fused-ring (bicyclic) bond motifs is 4. The Bertz CT molecular complexity index is 4770. The minimum atomic E-state index is -0.441. The number of aromatic nitrogens is 4. The first-order chi connectivity index (χ1) is 42.3. The number of rotatable bonds is 9. The fraction of sp³-hybridized carbons (Fsp3) is 0.250. The Kier molecular flexibility index (Phi) is 13.8. The molecule has 0 N–H and O–H groups in total. The molecule has 5 nitrogen and oxygen atoms in total. The van der Waals surface area contributed by atoms with Gasteiger partial charge in [-0.25, -0.2) is 4.98 Å². The number of benzene rings is 9. The Morgan fingerprint density at radius 3 is 1.72 bits per heavy atom. The van der Waals surface area contributed by atoms with E-state index in [-0.39, 0.29) is 65.8 Å². The molecule has 3 aromatic heterocycles. The van der Waals surface area contributed by atoms with Gasteiger partial charge in [-0.2, -0.15) is 18.2 Å². The fourth-order valence-corrected chi connectivity index (χ4v) is 11.4. The van der Waals surface area contributed by atoms with Gasteiger partial charge in [-0.3, -0.25) is 4.57 Å². The Morgan fingerprint density at radius 2 is 1.05 bits per heavy atom. The van der Waals surface area contributed by atoms with Crippen molar-refractivity contribution < 1.29 is 37.2 Å². The van der Waals surface area contributed by atoms with Crippen molar-refractivity contribution in [3.63, 3.8) is 0 Å². The van der Waals surface area contributed by atoms with Gasteiger partial charge in [0.25, 0.3) is 6.33 Å². The molecule has 12 aromatic rings. The fourth-order valence-electron chi connectivity index (χ4n) is 11.4. The van der Waals surface area contributed by atoms with Crippen LogP contribution in [-0.2, 0) is 48.1 Å². The van der Waals surface area contributed by atoms with E-state index in [2.05, 4.69) is 263 Å². The van der Waals surface area contributed by atoms with Crippen molar-refractivity contribution in [2.24, 2.45) is 0 Å². The van der Waals surface area contributed by atoms with E-state index >= 15 is 0 Å². The minimum Gasteiger partial charge on any atom is -0.510 e. The molecule has 0 atom stereocenters. The number of para-hydroxylation sites is 1. The Hall–Kier alpha value is -8.11. The SMILES string of the molecule is [2H]c1c([2H])c([2H])c(-c2cc(-c3cccc(C(C)(C)C)c3)c(-[n+]3[c-]n(-c4[c-]c(Oc5[c-]c6c(cc5)c5ccccc5n6-c5cc(C(C)(C)C)ccn5)ccc4)c4cc(-c5ccc(C(C)(C)C)cc5)ccc43)c(-c3cc(C(C)(C)C)cc(C(C)(C)C)c3)c2)c([2H])c1[2H].[Pt]. The third-order valence-electron chi connectivity index (χ3n) is 16.5. The van der Waals surface area contributed by atoms with Gasteiger partial charge >= 0.3 is 0 Å². The van der Waals surface area contributed by atoms with Crippen LogP contribution >= 0.6 is 0 Å². The van der Waals surface area contributed by atoms with Gasteiger partial charge in [0.15, 0.2) is 0 Å². The molecule has 12 rings (SSSR count). The molecule has 9 aromatic carbocycles. The van der Waals surface area contributed by atoms with Crippen LogP contribution in [0, 0.1) is 18.5 Å². The number of pyridine rings is 1. The molecule has 0 aliphatic rings. The quantitative estimate of drug-likeness (QED) is 0.107. The van der Waals surface area contributed by atoms with E-state index in [1.807, 2.05) is 42.6 Å². The van der Waals surface area contributed by atoms with Crippen molar-refractivity contribution in [3.05, 3.63) is 246 Å². The van der Waals surface area contributed by atoms with Crippen molar-refractivity contribution in [1.29, 1.82) is 0 Å². The monoisotopic (exact) mass is 1310 g/mol. The molecular weight excluding hydrogens is 1230 g/mol. The first-order valence-corrected chi connectivity index (χ1v) is 29.6. The zero-order valence-electron chi connectivity index (χ0n) is 57.2. The van der Waals surface area contributed by atoms with Crippen LogP contribution < -0.4 is 9.30 Å². The summed E-state index contributed by atoms with van der Waals surface area (Å²) in [7, 11) is 0. The average molecular weight is 1310 g/mol. The maximum Gasteiger partial charge on any atom is 0.268 e. The minimum absolute atomic E-state index is 0. The first kappa shape index (κ1) is 53.4. The number of imidazole rings is 1. The van der Waals surface area contributed by atoms with Gasteiger partial charge in [0.05, 0.1) is 23.6 Å². The summed E-state index contributed by atoms with van der Waals surface area (Å²) >= 11 is 0. The zero-order chi connectivity index (χ0) is 64.3. The van der Waals surface area contributed by atoms with Crippen molar-refractivity contribution in [2.45, 2.75) is 131 Å². The summed E-state index contributed by atoms with van der Waals surface area (Å²) in [6.45, 7) is 33.3. The smallest absolute Gasteiger partial charge is 0.268 e. The topological polar surface area (TPSA) is 35.9 Å². The molecule has 86 heavy (non-hydrogen) atoms. The third kappa shape index (κ3) is 11.7. The molecule has 436 valence electrons. The van der Waals surface area contributed by atoms with Crippen LogP contribution in [0.3, 0.4) is 0 Å². The molecule has 0 aliphatic carbocycles. The van der Waals surface area contributed by atoms with Crippen LogP contribution in [0.2, 0.25) is 0 Å². The maximum absolute atomic E-state index is 9.44. The molecule has 0 aliphatic heterocycles. The first-order valence-electron chi connectivity index (χ1n) is 32.1. The van der Waals surface area contributed by atoms with Crippen molar-refractivity contribution in [1.82, 2.24) is 14.1 Å². The second kappa shape index (κ2) is 22.3. The summed E-state index contributed by atoms with van der Waals surface area (Å²) in [5.74, 6) is 1.80. The number of nitrogens with zero attached hydrogens (tertiary/aromatic N) is 4. The molecule has 0 spiro atoms. The van der Waals surface area contributed by atoms with E-state index < -0.39 is 18.1 Å². The van der Waals surface area contributed by atoms with Gasteiger partial charge in [0.2, 0.25) is 0 Å². The maximum atomic E-state index is 9.44. The van der Waals surface area contributed by atoms with E-state index in [0.717, 1.165) is 94.4 Å². The third-order valence-corrected chi connectivity index (χ3v) is 16.5. The second-order valence-electron chi connectivity index (χ2n) is 27.9. The van der Waals surface area contributed by atoms with Gasteiger partial charge in [-0.05, 0) is 147 Å². The van der Waals surface area contributed by atoms with Gasteiger partial charge in [0.1, 0.15) is 5.82 Å². The predicted octanol–water partition coefficient (Wildman–Crippen LogP) is 20.7. The van der Waals surface area contributed by atoms with Crippen molar-refractivity contribution >= 4 is 32.8 Å². The molecule has 0 bridgehead atoms. The number of ether oxygens (including phenoxy) is 1. The standard InChI is InChI=1S/C80H78N4O.Pt/c1-76(2,3)58-34-31-53(32-35-58)54-33-38-71-73(46-54)82(63-27-22-28-64(49-63)85-65-36-37-67-66-29-19-20-30-70(66)84(72(67)50-65)74-48-60(39-40-81-74)78(7,8)9)51-83(71)75-68(55-25-21-26-59(41-55)77(4,5)6)44-56(52-23-17-16-18-24-52)45-69(75)57-42-61(79(10,11)12)47-62(43-57)80(13,14)15;/h16-48H,1-15H3;/q-2;/i16D,17D,18D,23D,24D;. The van der Waals surface area contributed by atoms with E-state index in [1.54, 1.807) is 0 Å². The van der Waals surface area contributed by atoms with Gasteiger partial charge < -0.3 is 13.9 Å². The Balaban J connectivity index is 0.00000850. The van der Waals surface area contributed by atoms with Crippen LogP contribution in [0.4, 0.5) is 0 Å². The molecule has 0 saturated carbocycles. The van der Waals surface area contributed by atoms with Crippen LogP contribution in [0.15, 0.2) is 200 Å². The molecule has 0 radical (unpaired) electrons. The summed E-state index contributed by atoms with van der Waals surface area (Å²) in [5, 5.41) is 2.12. The molecule has 6 heteroatoms. The largest absolute Gasteiger partial charge is 0.510 e. The van der Waals surface area contributed by atoms with Crippen molar-refractivity contribution in [2.75, 3.05) is 0 Å². The van der Waals surface area contributed by atoms with Gasteiger partial charge in [-0.15, -0.1) is 29.7 Å². The van der Waals surface area contributed by atoms with E-state index in [4.69, 9.17) is 13.8 Å². The summed E-state index contributed by atoms with van der Waals surface area (Å²) in [6, 6.07) is 63.0.